The summed E-state index contributed by atoms with van der Waals surface area (Å²) in [5.74, 6) is -0.925. The van der Waals surface area contributed by atoms with Gasteiger partial charge in [-0.05, 0) is 64.2 Å². The lowest BCUT2D eigenvalue weighted by Gasteiger charge is -2.18. The first kappa shape index (κ1) is 45.3. The number of halogens is 1. The van der Waals surface area contributed by atoms with Crippen LogP contribution < -0.4 is 0 Å². The number of hydrogen-bond acceptors (Lipinski definition) is 6. The lowest BCUT2D eigenvalue weighted by atomic mass is 10.1. The Labute approximate surface area is 296 Å². The van der Waals surface area contributed by atoms with Crippen molar-refractivity contribution in [2.75, 3.05) is 13.2 Å². The highest BCUT2D eigenvalue weighted by Gasteiger charge is 2.43. The number of unbranched alkanes of at least 4 members (excludes halogenated alkanes) is 22. The average Bonchev–Trinajstić information content (AvgIpc) is 3.06. The molecule has 0 aromatic rings. The Morgan fingerprint density at radius 2 is 0.809 bits per heavy atom. The van der Waals surface area contributed by atoms with Crippen molar-refractivity contribution in [3.8, 4) is 0 Å². The number of nitrogens with zero attached hydrogens (tertiary/aromatic N) is 1. The summed E-state index contributed by atoms with van der Waals surface area (Å²) in [6, 6.07) is 0. The summed E-state index contributed by atoms with van der Waals surface area (Å²) < 4.78 is 8.53. The monoisotopic (exact) mass is 727 g/mol. The molecule has 0 radical (unpaired) electrons. The van der Waals surface area contributed by atoms with E-state index in [1.807, 2.05) is 0 Å². The predicted molar refractivity (Wildman–Crippen MR) is 199 cm³/mol. The van der Waals surface area contributed by atoms with Gasteiger partial charge in [-0.15, -0.1) is 0 Å². The van der Waals surface area contributed by atoms with E-state index in [0.717, 1.165) is 51.4 Å². The van der Waals surface area contributed by atoms with Gasteiger partial charge in [-0.2, -0.15) is 0 Å². The Bertz CT molecular complexity index is 759. The van der Waals surface area contributed by atoms with Crippen LogP contribution in [0.5, 0.6) is 0 Å². The summed E-state index contributed by atoms with van der Waals surface area (Å²) in [5.41, 5.74) is 0. The molecule has 0 fully saturated rings. The summed E-state index contributed by atoms with van der Waals surface area (Å²) >= 11 is 3.04. The lowest BCUT2D eigenvalue weighted by Crippen LogP contribution is -2.42. The van der Waals surface area contributed by atoms with Gasteiger partial charge in [0.1, 0.15) is 0 Å². The molecule has 0 amide bonds. The van der Waals surface area contributed by atoms with Gasteiger partial charge in [0.2, 0.25) is 0 Å². The summed E-state index contributed by atoms with van der Waals surface area (Å²) in [6.07, 6.45) is 40.2. The minimum absolute atomic E-state index is 0.234. The van der Waals surface area contributed by atoms with Gasteiger partial charge >= 0.3 is 16.4 Å². The van der Waals surface area contributed by atoms with Crippen molar-refractivity contribution in [1.29, 1.82) is 0 Å². The Hall–Kier alpha value is -1.70. The molecule has 274 valence electrons. The van der Waals surface area contributed by atoms with Gasteiger partial charge in [0.25, 0.3) is 0 Å². The number of hydrogen-bond donors (Lipinski definition) is 0. The minimum Gasteiger partial charge on any atom is -0.457 e. The second kappa shape index (κ2) is 34.2. The first-order valence-electron chi connectivity index (χ1n) is 19.3. The summed E-state index contributed by atoms with van der Waals surface area (Å²) in [5, 5.41) is 11.6. The zero-order valence-corrected chi connectivity index (χ0v) is 31.9. The van der Waals surface area contributed by atoms with Gasteiger partial charge in [-0.25, -0.2) is 0 Å². The van der Waals surface area contributed by atoms with Gasteiger partial charge in [0.15, 0.2) is 13.2 Å². The molecule has 0 spiro atoms. The van der Waals surface area contributed by atoms with Crippen molar-refractivity contribution < 1.29 is 24.0 Å². The molecule has 0 saturated heterocycles. The Morgan fingerprint density at radius 1 is 0.532 bits per heavy atom. The molecule has 0 aromatic heterocycles. The van der Waals surface area contributed by atoms with Gasteiger partial charge < -0.3 is 9.47 Å². The van der Waals surface area contributed by atoms with Crippen LogP contribution in [0.3, 0.4) is 0 Å². The standard InChI is InChI=1S/C39H70BrNO6/c1-3-5-7-9-11-13-15-17-19-21-23-25-27-29-31-33-37(42)46-35-39(40,41(44)45)36-47-38(43)34-32-30-28-26-24-22-20-18-16-14-12-10-8-6-4-2/h15-18H,3-14,19-36H2,1-2H3. The Kier molecular flexibility index (Phi) is 32.9. The van der Waals surface area contributed by atoms with Gasteiger partial charge in [-0.1, -0.05) is 141 Å². The zero-order valence-electron chi connectivity index (χ0n) is 30.3. The highest BCUT2D eigenvalue weighted by molar-refractivity contribution is 9.10. The molecule has 0 aliphatic carbocycles. The van der Waals surface area contributed by atoms with Crippen LogP contribution in [-0.2, 0) is 19.1 Å². The van der Waals surface area contributed by atoms with Gasteiger partial charge in [0, 0.05) is 33.7 Å². The molecule has 0 heterocycles. The number of rotatable bonds is 35. The Morgan fingerprint density at radius 3 is 1.11 bits per heavy atom. The largest absolute Gasteiger partial charge is 0.457 e. The first-order valence-corrected chi connectivity index (χ1v) is 20.1. The summed E-state index contributed by atoms with van der Waals surface area (Å²) in [4.78, 5) is 35.4. The number of esters is 2. The fraction of sp³-hybridized carbons (Fsp3) is 0.846. The zero-order chi connectivity index (χ0) is 34.7. The molecule has 0 rings (SSSR count). The molecular weight excluding hydrogens is 658 g/mol. The van der Waals surface area contributed by atoms with Crippen LogP contribution in [0.15, 0.2) is 24.3 Å². The second-order valence-corrected chi connectivity index (χ2v) is 14.6. The molecule has 8 heteroatoms. The fourth-order valence-corrected chi connectivity index (χ4v) is 5.58. The van der Waals surface area contributed by atoms with Crippen molar-refractivity contribution in [2.45, 2.75) is 198 Å². The maximum Gasteiger partial charge on any atom is 0.341 e. The van der Waals surface area contributed by atoms with Crippen LogP contribution in [0.2, 0.25) is 0 Å². The molecule has 0 N–H and O–H groups in total. The van der Waals surface area contributed by atoms with E-state index >= 15 is 0 Å². The number of carbonyl (C=O) groups is 2. The molecule has 47 heavy (non-hydrogen) atoms. The van der Waals surface area contributed by atoms with Crippen LogP contribution >= 0.6 is 15.9 Å². The molecule has 7 nitrogen and oxygen atoms in total. The van der Waals surface area contributed by atoms with Crippen molar-refractivity contribution in [3.05, 3.63) is 34.4 Å². The van der Waals surface area contributed by atoms with E-state index < -0.39 is 34.5 Å². The van der Waals surface area contributed by atoms with Crippen molar-refractivity contribution in [1.82, 2.24) is 0 Å². The smallest absolute Gasteiger partial charge is 0.341 e. The van der Waals surface area contributed by atoms with E-state index in [1.54, 1.807) is 0 Å². The van der Waals surface area contributed by atoms with Crippen molar-refractivity contribution >= 4 is 27.9 Å². The molecule has 0 aromatic carbocycles. The minimum atomic E-state index is -1.83. The highest BCUT2D eigenvalue weighted by Crippen LogP contribution is 2.22. The number of alkyl halides is 1. The van der Waals surface area contributed by atoms with Gasteiger partial charge in [0.05, 0.1) is 0 Å². The predicted octanol–water partition coefficient (Wildman–Crippen LogP) is 12.5. The lowest BCUT2D eigenvalue weighted by molar-refractivity contribution is -0.541. The van der Waals surface area contributed by atoms with E-state index in [-0.39, 0.29) is 12.8 Å². The van der Waals surface area contributed by atoms with Gasteiger partial charge in [-0.3, -0.25) is 19.7 Å². The fourth-order valence-electron chi connectivity index (χ4n) is 5.35. The molecule has 0 bridgehead atoms. The number of allylic oxidation sites excluding steroid dienone is 4. The molecule has 0 unspecified atom stereocenters. The van der Waals surface area contributed by atoms with E-state index in [4.69, 9.17) is 9.47 Å². The third-order valence-electron chi connectivity index (χ3n) is 8.52. The quantitative estimate of drug-likeness (QED) is 0.0123. The molecular formula is C39H70BrNO6. The van der Waals surface area contributed by atoms with E-state index in [0.29, 0.717) is 12.8 Å². The van der Waals surface area contributed by atoms with Crippen molar-refractivity contribution in [3.63, 3.8) is 0 Å². The van der Waals surface area contributed by atoms with E-state index in [2.05, 4.69) is 54.1 Å². The normalized spacial score (nSPS) is 12.9. The van der Waals surface area contributed by atoms with E-state index in [9.17, 15) is 19.7 Å². The topological polar surface area (TPSA) is 95.7 Å². The molecule has 0 saturated carbocycles. The van der Waals surface area contributed by atoms with Crippen LogP contribution in [0.25, 0.3) is 0 Å². The van der Waals surface area contributed by atoms with Crippen molar-refractivity contribution in [2.24, 2.45) is 0 Å². The van der Waals surface area contributed by atoms with Crippen LogP contribution in [-0.4, -0.2) is 34.5 Å². The SMILES string of the molecule is CCCCCCCC=CCCCCCCCCC(=O)OCC(Br)(COC(=O)CCCCCCCCC=CCCCCCCC)[N+](=O)[O-]. The third kappa shape index (κ3) is 31.3. The van der Waals surface area contributed by atoms with Crippen LogP contribution in [0, 0.1) is 10.1 Å². The van der Waals surface area contributed by atoms with Crippen LogP contribution in [0.4, 0.5) is 0 Å². The third-order valence-corrected chi connectivity index (χ3v) is 9.27. The molecule has 0 aliphatic rings. The maximum absolute atomic E-state index is 12.2. The van der Waals surface area contributed by atoms with E-state index in [1.165, 1.54) is 103 Å². The summed E-state index contributed by atoms with van der Waals surface area (Å²) in [6.45, 7) is 3.53. The number of carbonyl (C=O) groups excluding carboxylic acids is 2. The Balaban J connectivity index is 3.80. The first-order chi connectivity index (χ1) is 22.9. The molecule has 0 aliphatic heterocycles. The highest BCUT2D eigenvalue weighted by atomic mass is 79.9. The average molecular weight is 729 g/mol. The molecule has 0 atom stereocenters. The summed E-state index contributed by atoms with van der Waals surface area (Å²) in [7, 11) is 0. The number of ether oxygens (including phenoxy) is 2. The van der Waals surface area contributed by atoms with Crippen LogP contribution in [0.1, 0.15) is 194 Å². The second-order valence-electron chi connectivity index (χ2n) is 13.2. The number of nitro groups is 1. The maximum atomic E-state index is 12.2.